The normalized spacial score (nSPS) is 14.4. The average Bonchev–Trinajstić information content (AvgIpc) is 3.78. The predicted octanol–water partition coefficient (Wildman–Crippen LogP) is 7.90. The van der Waals surface area contributed by atoms with Crippen molar-refractivity contribution in [3.05, 3.63) is 180 Å². The molecule has 1 aliphatic heterocycles. The van der Waals surface area contributed by atoms with E-state index in [9.17, 15) is 9.59 Å². The summed E-state index contributed by atoms with van der Waals surface area (Å²) < 4.78 is 4.20. The van der Waals surface area contributed by atoms with E-state index in [1.165, 1.54) is 0 Å². The molecule has 3 heterocycles. The third-order valence-electron chi connectivity index (χ3n) is 9.30. The zero-order chi connectivity index (χ0) is 32.7. The number of rotatable bonds is 7. The van der Waals surface area contributed by atoms with Crippen LogP contribution >= 0.6 is 0 Å². The molecular weight excluding hydrogens is 594 g/mol. The van der Waals surface area contributed by atoms with Gasteiger partial charge in [-0.3, -0.25) is 9.59 Å². The number of aromatic nitrogens is 3. The highest BCUT2D eigenvalue weighted by atomic mass is 16.2. The lowest BCUT2D eigenvalue weighted by Gasteiger charge is -2.37. The minimum atomic E-state index is -0.671. The molecule has 5 aromatic carbocycles. The van der Waals surface area contributed by atoms with Crippen LogP contribution in [0.4, 0.5) is 5.69 Å². The van der Waals surface area contributed by atoms with Crippen molar-refractivity contribution in [2.75, 3.05) is 11.9 Å². The maximum Gasteiger partial charge on any atom is 0.268 e. The van der Waals surface area contributed by atoms with Crippen molar-refractivity contribution in [2.24, 2.45) is 0 Å². The number of hydrogen-bond donors (Lipinski definition) is 2. The van der Waals surface area contributed by atoms with E-state index in [0.29, 0.717) is 23.5 Å². The third kappa shape index (κ3) is 4.88. The van der Waals surface area contributed by atoms with Crippen LogP contribution in [-0.4, -0.2) is 32.5 Å². The van der Waals surface area contributed by atoms with Crippen LogP contribution in [0.1, 0.15) is 50.5 Å². The minimum absolute atomic E-state index is 0.0920. The van der Waals surface area contributed by atoms with Gasteiger partial charge in [0.1, 0.15) is 11.2 Å². The summed E-state index contributed by atoms with van der Waals surface area (Å²) in [5, 5.41) is 6.94. The fourth-order valence-corrected chi connectivity index (χ4v) is 7.03. The Labute approximate surface area is 278 Å². The largest absolute Gasteiger partial charge is 0.349 e. The first-order valence-corrected chi connectivity index (χ1v) is 16.1. The second-order valence-electron chi connectivity index (χ2n) is 12.2. The molecule has 0 aliphatic carbocycles. The summed E-state index contributed by atoms with van der Waals surface area (Å²) in [4.78, 5) is 30.9. The lowest BCUT2D eigenvalue weighted by atomic mass is 9.77. The molecule has 8 rings (SSSR count). The van der Waals surface area contributed by atoms with Crippen molar-refractivity contribution in [3.8, 4) is 11.3 Å². The van der Waals surface area contributed by atoms with Crippen molar-refractivity contribution >= 4 is 28.4 Å². The highest BCUT2D eigenvalue weighted by molar-refractivity contribution is 6.07. The van der Waals surface area contributed by atoms with Gasteiger partial charge in [0.25, 0.3) is 11.8 Å². The highest BCUT2D eigenvalue weighted by Crippen LogP contribution is 2.41. The number of carbonyl (C=O) groups excluding carboxylic acids is 2. The van der Waals surface area contributed by atoms with Crippen molar-refractivity contribution in [3.63, 3.8) is 0 Å². The first-order chi connectivity index (χ1) is 23.5. The molecule has 234 valence electrons. The second-order valence-corrected chi connectivity index (χ2v) is 12.2. The van der Waals surface area contributed by atoms with E-state index in [0.717, 1.165) is 38.9 Å². The van der Waals surface area contributed by atoms with Gasteiger partial charge < -0.3 is 19.8 Å². The van der Waals surface area contributed by atoms with Gasteiger partial charge in [0, 0.05) is 46.5 Å². The van der Waals surface area contributed by atoms with E-state index >= 15 is 0 Å². The maximum absolute atomic E-state index is 13.5. The number of imidazole rings is 1. The molecule has 2 aromatic heterocycles. The van der Waals surface area contributed by atoms with E-state index in [1.807, 2.05) is 71.6 Å². The van der Waals surface area contributed by atoms with Crippen LogP contribution in [0.5, 0.6) is 0 Å². The molecule has 7 nitrogen and oxygen atoms in total. The Morgan fingerprint density at radius 1 is 0.792 bits per heavy atom. The number of benzene rings is 5. The Kier molecular flexibility index (Phi) is 7.22. The van der Waals surface area contributed by atoms with Gasteiger partial charge in [-0.2, -0.15) is 0 Å². The molecule has 48 heavy (non-hydrogen) atoms. The van der Waals surface area contributed by atoms with E-state index in [2.05, 4.69) is 101 Å². The van der Waals surface area contributed by atoms with E-state index in [1.54, 1.807) is 6.07 Å². The van der Waals surface area contributed by atoms with Crippen LogP contribution in [0, 0.1) is 0 Å². The van der Waals surface area contributed by atoms with Crippen LogP contribution in [0.25, 0.3) is 22.2 Å². The van der Waals surface area contributed by atoms with Gasteiger partial charge in [-0.05, 0) is 53.9 Å². The molecule has 2 amide bonds. The first kappa shape index (κ1) is 29.2. The van der Waals surface area contributed by atoms with Gasteiger partial charge >= 0.3 is 0 Å². The van der Waals surface area contributed by atoms with Crippen LogP contribution in [0.3, 0.4) is 0 Å². The number of hydrogen-bond acceptors (Lipinski definition) is 3. The predicted molar refractivity (Wildman–Crippen MR) is 189 cm³/mol. The summed E-state index contributed by atoms with van der Waals surface area (Å²) in [6.45, 7) is 2.61. The topological polar surface area (TPSA) is 81.0 Å². The molecule has 0 fully saturated rings. The van der Waals surface area contributed by atoms with Crippen molar-refractivity contribution in [1.82, 2.24) is 19.4 Å². The van der Waals surface area contributed by atoms with Crippen LogP contribution < -0.4 is 10.6 Å². The lowest BCUT2D eigenvalue weighted by Crippen LogP contribution is -2.37. The van der Waals surface area contributed by atoms with Crippen LogP contribution in [0.15, 0.2) is 152 Å². The fourth-order valence-electron chi connectivity index (χ4n) is 7.03. The van der Waals surface area contributed by atoms with E-state index in [-0.39, 0.29) is 17.9 Å². The average molecular weight is 628 g/mol. The van der Waals surface area contributed by atoms with Gasteiger partial charge in [0.15, 0.2) is 0 Å². The molecular formula is C41H33N5O2. The Bertz CT molecular complexity index is 2180. The number of nitrogens with zero attached hydrogens (tertiary/aromatic N) is 3. The number of anilines is 1. The molecule has 1 atom stereocenters. The highest BCUT2D eigenvalue weighted by Gasteiger charge is 2.38. The van der Waals surface area contributed by atoms with E-state index < -0.39 is 5.54 Å². The SMILES string of the molecule is CC1CNC(=O)c2cc3ccc(C(=O)Nc4cccc(-c5cn(C(c6ccccc6)(c6ccccc6)c6ccccc6)cn5)c4)cc3n21. The van der Waals surface area contributed by atoms with Gasteiger partial charge in [0.2, 0.25) is 0 Å². The van der Waals surface area contributed by atoms with Gasteiger partial charge in [-0.1, -0.05) is 109 Å². The second kappa shape index (κ2) is 11.9. The zero-order valence-corrected chi connectivity index (χ0v) is 26.4. The summed E-state index contributed by atoms with van der Waals surface area (Å²) >= 11 is 0. The lowest BCUT2D eigenvalue weighted by molar-refractivity contribution is 0.0919. The van der Waals surface area contributed by atoms with Crippen LogP contribution in [-0.2, 0) is 5.54 Å². The van der Waals surface area contributed by atoms with Gasteiger partial charge in [-0.15, -0.1) is 0 Å². The zero-order valence-electron chi connectivity index (χ0n) is 26.4. The minimum Gasteiger partial charge on any atom is -0.349 e. The standard InChI is InChI=1S/C41H33N5O2/c1-28-25-42-40(48)38-23-30-20-21-31(24-37(30)46(28)38)39(47)44-35-19-11-12-29(22-35)36-26-45(27-43-36)41(32-13-5-2-6-14-32,33-15-7-3-8-16-33)34-17-9-4-10-18-34/h2-24,26-28H,25H2,1H3,(H,42,48)(H,44,47). The summed E-state index contributed by atoms with van der Waals surface area (Å²) in [5.74, 6) is -0.317. The molecule has 7 aromatic rings. The van der Waals surface area contributed by atoms with Gasteiger partial charge in [0.05, 0.1) is 12.0 Å². The molecule has 0 saturated carbocycles. The van der Waals surface area contributed by atoms with Crippen LogP contribution in [0.2, 0.25) is 0 Å². The number of carbonyl (C=O) groups is 2. The van der Waals surface area contributed by atoms with Crippen molar-refractivity contribution < 1.29 is 9.59 Å². The molecule has 0 spiro atoms. The quantitative estimate of drug-likeness (QED) is 0.176. The fraction of sp³-hybridized carbons (Fsp3) is 0.0976. The van der Waals surface area contributed by atoms with Crippen molar-refractivity contribution in [2.45, 2.75) is 18.5 Å². The third-order valence-corrected chi connectivity index (χ3v) is 9.30. The Morgan fingerprint density at radius 2 is 1.44 bits per heavy atom. The molecule has 0 radical (unpaired) electrons. The monoisotopic (exact) mass is 627 g/mol. The molecule has 1 aliphatic rings. The van der Waals surface area contributed by atoms with Crippen molar-refractivity contribution in [1.29, 1.82) is 0 Å². The molecule has 0 bridgehead atoms. The molecule has 2 N–H and O–H groups in total. The smallest absolute Gasteiger partial charge is 0.268 e. The Balaban J connectivity index is 1.15. The summed E-state index contributed by atoms with van der Waals surface area (Å²) in [7, 11) is 0. The Hall–Kier alpha value is -6.21. The van der Waals surface area contributed by atoms with Gasteiger partial charge in [-0.25, -0.2) is 4.98 Å². The Morgan fingerprint density at radius 3 is 2.08 bits per heavy atom. The summed E-state index contributed by atoms with van der Waals surface area (Å²) in [6.07, 6.45) is 3.97. The molecule has 7 heteroatoms. The molecule has 0 saturated heterocycles. The number of amides is 2. The number of fused-ring (bicyclic) bond motifs is 3. The van der Waals surface area contributed by atoms with E-state index in [4.69, 9.17) is 4.98 Å². The summed E-state index contributed by atoms with van der Waals surface area (Å²) in [6, 6.07) is 46.8. The maximum atomic E-state index is 13.5. The first-order valence-electron chi connectivity index (χ1n) is 16.1. The molecule has 1 unspecified atom stereocenters. The summed E-state index contributed by atoms with van der Waals surface area (Å²) in [5.41, 5.74) is 7.01. The number of nitrogens with one attached hydrogen (secondary N) is 2.